The molecule has 0 atom stereocenters. The lowest BCUT2D eigenvalue weighted by atomic mass is 10.1. The molecule has 31 heavy (non-hydrogen) atoms. The summed E-state index contributed by atoms with van der Waals surface area (Å²) in [6, 6.07) is 14.5. The van der Waals surface area contributed by atoms with Crippen LogP contribution in [0.25, 0.3) is 16.9 Å². The molecule has 7 heteroatoms. The van der Waals surface area contributed by atoms with Crippen LogP contribution in [0.15, 0.2) is 60.8 Å². The number of rotatable bonds is 5. The molecule has 1 amide bonds. The van der Waals surface area contributed by atoms with Crippen LogP contribution < -0.4 is 5.32 Å². The molecule has 0 saturated heterocycles. The summed E-state index contributed by atoms with van der Waals surface area (Å²) in [5.41, 5.74) is 4.88. The number of amides is 1. The number of hydrogen-bond donors (Lipinski definition) is 2. The number of carboxylic acid groups (broad SMARTS) is 1. The number of pyridine rings is 1. The summed E-state index contributed by atoms with van der Waals surface area (Å²) in [6.45, 7) is 3.64. The van der Waals surface area contributed by atoms with Crippen LogP contribution in [0.1, 0.15) is 27.2 Å². The molecule has 0 radical (unpaired) electrons. The second-order valence-corrected chi connectivity index (χ2v) is 7.41. The van der Waals surface area contributed by atoms with Crippen molar-refractivity contribution in [1.82, 2.24) is 9.38 Å². The van der Waals surface area contributed by atoms with E-state index in [9.17, 15) is 14.0 Å². The minimum Gasteiger partial charge on any atom is -0.478 e. The predicted molar refractivity (Wildman–Crippen MR) is 116 cm³/mol. The highest BCUT2D eigenvalue weighted by Gasteiger charge is 2.18. The van der Waals surface area contributed by atoms with Gasteiger partial charge in [-0.25, -0.2) is 14.2 Å². The zero-order valence-electron chi connectivity index (χ0n) is 17.0. The average molecular weight is 417 g/mol. The third-order valence-corrected chi connectivity index (χ3v) is 5.04. The van der Waals surface area contributed by atoms with E-state index in [0.29, 0.717) is 28.3 Å². The fraction of sp³-hybridized carbons (Fsp3) is 0.125. The Morgan fingerprint density at radius 2 is 1.81 bits per heavy atom. The molecule has 6 nitrogen and oxygen atoms in total. The number of benzene rings is 2. The third-order valence-electron chi connectivity index (χ3n) is 5.04. The Morgan fingerprint density at radius 3 is 2.48 bits per heavy atom. The number of carbonyl (C=O) groups excluding carboxylic acids is 1. The third kappa shape index (κ3) is 4.16. The summed E-state index contributed by atoms with van der Waals surface area (Å²) in [5.74, 6) is -1.60. The number of aromatic carboxylic acids is 1. The summed E-state index contributed by atoms with van der Waals surface area (Å²) < 4.78 is 15.6. The van der Waals surface area contributed by atoms with E-state index in [4.69, 9.17) is 5.11 Å². The number of aryl methyl sites for hydroxylation is 2. The molecule has 2 aromatic heterocycles. The predicted octanol–water partition coefficient (Wildman–Crippen LogP) is 4.64. The van der Waals surface area contributed by atoms with Gasteiger partial charge in [0.1, 0.15) is 11.5 Å². The van der Waals surface area contributed by atoms with Gasteiger partial charge in [0.2, 0.25) is 5.91 Å². The Labute approximate surface area is 178 Å². The molecule has 0 aliphatic heterocycles. The van der Waals surface area contributed by atoms with Crippen molar-refractivity contribution in [3.05, 3.63) is 89.0 Å². The number of carbonyl (C=O) groups is 2. The van der Waals surface area contributed by atoms with Crippen LogP contribution in [0.3, 0.4) is 0 Å². The van der Waals surface area contributed by atoms with Gasteiger partial charge in [-0.05, 0) is 73.5 Å². The molecule has 4 aromatic rings. The number of anilines is 1. The van der Waals surface area contributed by atoms with Gasteiger partial charge in [-0.3, -0.25) is 4.79 Å². The van der Waals surface area contributed by atoms with Crippen LogP contribution in [0.2, 0.25) is 0 Å². The smallest absolute Gasteiger partial charge is 0.335 e. The lowest BCUT2D eigenvalue weighted by Gasteiger charge is -2.09. The summed E-state index contributed by atoms with van der Waals surface area (Å²) in [5, 5.41) is 11.8. The van der Waals surface area contributed by atoms with E-state index in [0.717, 1.165) is 11.1 Å². The van der Waals surface area contributed by atoms with Gasteiger partial charge in [-0.2, -0.15) is 0 Å². The van der Waals surface area contributed by atoms with Crippen molar-refractivity contribution < 1.29 is 19.1 Å². The van der Waals surface area contributed by atoms with Crippen molar-refractivity contribution in [2.75, 3.05) is 5.32 Å². The topological polar surface area (TPSA) is 83.7 Å². The first-order valence-corrected chi connectivity index (χ1v) is 9.69. The highest BCUT2D eigenvalue weighted by atomic mass is 19.1. The standard InChI is InChI=1S/C24H20FN3O3/c1-14-3-10-21-27-23(17-6-9-19(25)15(2)11-17)20(28(21)13-14)12-22(29)26-18-7-4-16(5-8-18)24(30)31/h3-11,13H,12H2,1-2H3,(H,26,29)(H,30,31). The van der Waals surface area contributed by atoms with Crippen LogP contribution in [0.5, 0.6) is 0 Å². The number of halogens is 1. The van der Waals surface area contributed by atoms with Crippen molar-refractivity contribution in [2.24, 2.45) is 0 Å². The van der Waals surface area contributed by atoms with Crippen molar-refractivity contribution in [3.8, 4) is 11.3 Å². The molecule has 0 spiro atoms. The van der Waals surface area contributed by atoms with E-state index in [-0.39, 0.29) is 23.7 Å². The first kappa shape index (κ1) is 20.3. The van der Waals surface area contributed by atoms with Crippen LogP contribution in [-0.4, -0.2) is 26.4 Å². The first-order valence-electron chi connectivity index (χ1n) is 9.69. The van der Waals surface area contributed by atoms with E-state index in [1.807, 2.05) is 29.7 Å². The Bertz CT molecular complexity index is 1310. The minimum atomic E-state index is -1.03. The number of aromatic nitrogens is 2. The van der Waals surface area contributed by atoms with Crippen LogP contribution in [0.4, 0.5) is 10.1 Å². The first-order chi connectivity index (χ1) is 14.8. The quantitative estimate of drug-likeness (QED) is 0.496. The SMILES string of the molecule is Cc1ccc2nc(-c3ccc(F)c(C)c3)c(CC(=O)Nc3ccc(C(=O)O)cc3)n2c1. The summed E-state index contributed by atoms with van der Waals surface area (Å²) >= 11 is 0. The van der Waals surface area contributed by atoms with Gasteiger partial charge in [-0.1, -0.05) is 6.07 Å². The van der Waals surface area contributed by atoms with E-state index in [1.165, 1.54) is 18.2 Å². The van der Waals surface area contributed by atoms with E-state index >= 15 is 0 Å². The van der Waals surface area contributed by atoms with E-state index in [1.54, 1.807) is 31.2 Å². The highest BCUT2D eigenvalue weighted by molar-refractivity contribution is 5.94. The fourth-order valence-electron chi connectivity index (χ4n) is 3.45. The van der Waals surface area contributed by atoms with Gasteiger partial charge in [0, 0.05) is 17.4 Å². The van der Waals surface area contributed by atoms with Gasteiger partial charge in [-0.15, -0.1) is 0 Å². The Morgan fingerprint density at radius 1 is 1.06 bits per heavy atom. The monoisotopic (exact) mass is 417 g/mol. The zero-order valence-corrected chi connectivity index (χ0v) is 17.0. The number of nitrogens with one attached hydrogen (secondary N) is 1. The molecule has 2 heterocycles. The highest BCUT2D eigenvalue weighted by Crippen LogP contribution is 2.27. The summed E-state index contributed by atoms with van der Waals surface area (Å²) in [4.78, 5) is 28.5. The molecular formula is C24H20FN3O3. The Kier molecular flexibility index (Phi) is 5.25. The fourth-order valence-corrected chi connectivity index (χ4v) is 3.45. The second-order valence-electron chi connectivity index (χ2n) is 7.41. The van der Waals surface area contributed by atoms with E-state index < -0.39 is 5.97 Å². The van der Waals surface area contributed by atoms with Crippen LogP contribution in [0, 0.1) is 19.7 Å². The largest absolute Gasteiger partial charge is 0.478 e. The van der Waals surface area contributed by atoms with Gasteiger partial charge in [0.05, 0.1) is 23.4 Å². The summed E-state index contributed by atoms with van der Waals surface area (Å²) in [6.07, 6.45) is 1.95. The molecule has 4 rings (SSSR count). The number of imidazole rings is 1. The molecule has 2 N–H and O–H groups in total. The van der Waals surface area contributed by atoms with Gasteiger partial charge in [0.15, 0.2) is 0 Å². The van der Waals surface area contributed by atoms with Gasteiger partial charge in [0.25, 0.3) is 0 Å². The lowest BCUT2D eigenvalue weighted by molar-refractivity contribution is -0.115. The van der Waals surface area contributed by atoms with Crippen molar-refractivity contribution in [3.63, 3.8) is 0 Å². The van der Waals surface area contributed by atoms with Crippen molar-refractivity contribution >= 4 is 23.2 Å². The van der Waals surface area contributed by atoms with Crippen molar-refractivity contribution in [2.45, 2.75) is 20.3 Å². The molecule has 0 bridgehead atoms. The normalized spacial score (nSPS) is 10.9. The molecule has 156 valence electrons. The molecule has 0 unspecified atom stereocenters. The molecule has 0 fully saturated rings. The van der Waals surface area contributed by atoms with Crippen molar-refractivity contribution in [1.29, 1.82) is 0 Å². The molecule has 0 saturated carbocycles. The van der Waals surface area contributed by atoms with E-state index in [2.05, 4.69) is 10.3 Å². The average Bonchev–Trinajstić information content (AvgIpc) is 3.08. The van der Waals surface area contributed by atoms with Gasteiger partial charge < -0.3 is 14.8 Å². The van der Waals surface area contributed by atoms with Gasteiger partial charge >= 0.3 is 5.97 Å². The zero-order chi connectivity index (χ0) is 22.1. The maximum atomic E-state index is 13.8. The maximum Gasteiger partial charge on any atom is 0.335 e. The summed E-state index contributed by atoms with van der Waals surface area (Å²) in [7, 11) is 0. The Hall–Kier alpha value is -4.00. The molecular weight excluding hydrogens is 397 g/mol. The van der Waals surface area contributed by atoms with Crippen LogP contribution in [-0.2, 0) is 11.2 Å². The Balaban J connectivity index is 1.69. The number of carboxylic acids is 1. The number of hydrogen-bond acceptors (Lipinski definition) is 3. The number of nitrogens with zero attached hydrogens (tertiary/aromatic N) is 2. The maximum absolute atomic E-state index is 13.8. The lowest BCUT2D eigenvalue weighted by Crippen LogP contribution is -2.16. The molecule has 0 aliphatic rings. The van der Waals surface area contributed by atoms with Crippen LogP contribution >= 0.6 is 0 Å². The molecule has 2 aromatic carbocycles. The number of fused-ring (bicyclic) bond motifs is 1. The second kappa shape index (κ2) is 8.02. The minimum absolute atomic E-state index is 0.0387. The molecule has 0 aliphatic carbocycles.